The minimum atomic E-state index is -0.639. The maximum atomic E-state index is 12.8. The van der Waals surface area contributed by atoms with Crippen LogP contribution >= 0.6 is 12.2 Å². The monoisotopic (exact) mass is 298 g/mol. The lowest BCUT2D eigenvalue weighted by atomic mass is 9.77. The highest BCUT2D eigenvalue weighted by Crippen LogP contribution is 2.32. The van der Waals surface area contributed by atoms with E-state index >= 15 is 0 Å². The fourth-order valence-corrected chi connectivity index (χ4v) is 3.75. The van der Waals surface area contributed by atoms with Gasteiger partial charge >= 0.3 is 0 Å². The minimum absolute atomic E-state index is 0.0628. The van der Waals surface area contributed by atoms with Gasteiger partial charge in [0.1, 0.15) is 0 Å². The van der Waals surface area contributed by atoms with Crippen LogP contribution in [0, 0.1) is 11.3 Å². The third-order valence-electron chi connectivity index (χ3n) is 4.53. The molecule has 0 heterocycles. The zero-order valence-corrected chi connectivity index (χ0v) is 14.0. The molecular weight excluding hydrogens is 268 g/mol. The van der Waals surface area contributed by atoms with E-state index in [4.69, 9.17) is 18.0 Å². The number of carbonyl (C=O) groups excluding carboxylic acids is 1. The van der Waals surface area contributed by atoms with Gasteiger partial charge in [0.15, 0.2) is 0 Å². The summed E-state index contributed by atoms with van der Waals surface area (Å²) in [4.78, 5) is 13.1. The van der Waals surface area contributed by atoms with Crippen LogP contribution in [0.4, 0.5) is 0 Å². The first-order chi connectivity index (χ1) is 9.46. The minimum Gasteiger partial charge on any atom is -0.392 e. The molecule has 0 aromatic heterocycles. The normalized spacial score (nSPS) is 23.4. The van der Waals surface area contributed by atoms with Crippen molar-refractivity contribution in [1.29, 1.82) is 0 Å². The molecular formula is C16H30N2OS. The average molecular weight is 298 g/mol. The first kappa shape index (κ1) is 17.4. The second kappa shape index (κ2) is 7.96. The number of thiocarbonyl (C=S) groups is 1. The van der Waals surface area contributed by atoms with Crippen LogP contribution in [-0.4, -0.2) is 16.9 Å². The lowest BCUT2D eigenvalue weighted by Crippen LogP contribution is -2.52. The van der Waals surface area contributed by atoms with Gasteiger partial charge in [-0.3, -0.25) is 4.79 Å². The summed E-state index contributed by atoms with van der Waals surface area (Å²) in [6, 6.07) is 0.300. The van der Waals surface area contributed by atoms with E-state index in [1.165, 1.54) is 12.8 Å². The highest BCUT2D eigenvalue weighted by molar-refractivity contribution is 7.80. The second-order valence-corrected chi connectivity index (χ2v) is 6.83. The molecule has 3 N–H and O–H groups in total. The van der Waals surface area contributed by atoms with Crippen molar-refractivity contribution in [2.75, 3.05) is 0 Å². The van der Waals surface area contributed by atoms with Gasteiger partial charge in [-0.25, -0.2) is 0 Å². The van der Waals surface area contributed by atoms with Gasteiger partial charge in [-0.2, -0.15) is 0 Å². The Morgan fingerprint density at radius 2 is 1.90 bits per heavy atom. The second-order valence-electron chi connectivity index (χ2n) is 6.39. The molecule has 1 aliphatic rings. The van der Waals surface area contributed by atoms with Crippen molar-refractivity contribution >= 4 is 23.1 Å². The molecule has 3 nitrogen and oxygen atoms in total. The maximum Gasteiger partial charge on any atom is 0.233 e. The molecule has 1 saturated carbocycles. The topological polar surface area (TPSA) is 55.1 Å². The van der Waals surface area contributed by atoms with Crippen LogP contribution in [0.3, 0.4) is 0 Å². The zero-order valence-electron chi connectivity index (χ0n) is 13.2. The Bertz CT molecular complexity index is 337. The largest absolute Gasteiger partial charge is 0.392 e. The lowest BCUT2D eigenvalue weighted by molar-refractivity contribution is -0.129. The first-order valence-corrected chi connectivity index (χ1v) is 8.48. The molecule has 1 fully saturated rings. The van der Waals surface area contributed by atoms with E-state index in [0.717, 1.165) is 38.5 Å². The molecule has 0 radical (unpaired) electrons. The van der Waals surface area contributed by atoms with Crippen LogP contribution in [-0.2, 0) is 4.79 Å². The van der Waals surface area contributed by atoms with Crippen molar-refractivity contribution in [3.05, 3.63) is 0 Å². The van der Waals surface area contributed by atoms with Gasteiger partial charge < -0.3 is 11.1 Å². The van der Waals surface area contributed by atoms with Gasteiger partial charge in [0, 0.05) is 6.04 Å². The molecule has 0 bridgehead atoms. The predicted molar refractivity (Wildman–Crippen MR) is 88.6 cm³/mol. The summed E-state index contributed by atoms with van der Waals surface area (Å²) in [7, 11) is 0. The highest BCUT2D eigenvalue weighted by Gasteiger charge is 2.40. The van der Waals surface area contributed by atoms with E-state index in [1.807, 2.05) is 0 Å². The van der Waals surface area contributed by atoms with Crippen molar-refractivity contribution in [2.24, 2.45) is 17.1 Å². The summed E-state index contributed by atoms with van der Waals surface area (Å²) in [5.74, 6) is 0.762. The summed E-state index contributed by atoms with van der Waals surface area (Å²) in [6.07, 6.45) is 8.00. The Morgan fingerprint density at radius 1 is 1.30 bits per heavy atom. The van der Waals surface area contributed by atoms with E-state index in [1.54, 1.807) is 0 Å². The molecule has 0 aliphatic heterocycles. The number of amides is 1. The van der Waals surface area contributed by atoms with Crippen LogP contribution in [0.2, 0.25) is 0 Å². The molecule has 1 rings (SSSR count). The summed E-state index contributed by atoms with van der Waals surface area (Å²) in [6.45, 7) is 6.43. The molecule has 2 atom stereocenters. The van der Waals surface area contributed by atoms with E-state index < -0.39 is 5.41 Å². The molecule has 1 aliphatic carbocycles. The van der Waals surface area contributed by atoms with Crippen molar-refractivity contribution < 1.29 is 4.79 Å². The van der Waals surface area contributed by atoms with Crippen LogP contribution in [0.15, 0.2) is 0 Å². The predicted octanol–water partition coefficient (Wildman–Crippen LogP) is 3.55. The zero-order chi connectivity index (χ0) is 15.2. The SMILES string of the molecule is CCCC(CCC)(C(=O)NC1CCCC(C)C1)C(N)=S. The molecule has 4 heteroatoms. The van der Waals surface area contributed by atoms with Gasteiger partial charge in [-0.1, -0.05) is 58.7 Å². The first-order valence-electron chi connectivity index (χ1n) is 8.07. The van der Waals surface area contributed by atoms with Crippen molar-refractivity contribution in [2.45, 2.75) is 78.2 Å². The maximum absolute atomic E-state index is 12.8. The summed E-state index contributed by atoms with van der Waals surface area (Å²) >= 11 is 5.24. The molecule has 0 aromatic rings. The van der Waals surface area contributed by atoms with Gasteiger partial charge in [-0.05, 0) is 31.6 Å². The molecule has 0 aromatic carbocycles. The number of nitrogens with one attached hydrogen (secondary N) is 1. The Labute approximate surface area is 129 Å². The quantitative estimate of drug-likeness (QED) is 0.707. The summed E-state index contributed by atoms with van der Waals surface area (Å²) in [5, 5.41) is 3.23. The number of nitrogens with two attached hydrogens (primary N) is 1. The number of hydrogen-bond acceptors (Lipinski definition) is 2. The Hall–Kier alpha value is -0.640. The molecule has 0 spiro atoms. The lowest BCUT2D eigenvalue weighted by Gasteiger charge is -2.35. The fourth-order valence-electron chi connectivity index (χ4n) is 3.45. The van der Waals surface area contributed by atoms with Crippen LogP contribution < -0.4 is 11.1 Å². The van der Waals surface area contributed by atoms with E-state index in [2.05, 4.69) is 26.1 Å². The number of carbonyl (C=O) groups is 1. The van der Waals surface area contributed by atoms with E-state index in [9.17, 15) is 4.79 Å². The Kier molecular flexibility index (Phi) is 6.93. The van der Waals surface area contributed by atoms with Gasteiger partial charge in [0.25, 0.3) is 0 Å². The molecule has 0 saturated heterocycles. The third kappa shape index (κ3) is 4.18. The van der Waals surface area contributed by atoms with Crippen molar-refractivity contribution in [3.8, 4) is 0 Å². The van der Waals surface area contributed by atoms with Crippen LogP contribution in [0.5, 0.6) is 0 Å². The van der Waals surface area contributed by atoms with E-state index in [-0.39, 0.29) is 5.91 Å². The summed E-state index contributed by atoms with van der Waals surface area (Å²) < 4.78 is 0. The van der Waals surface area contributed by atoms with E-state index in [0.29, 0.717) is 16.9 Å². The van der Waals surface area contributed by atoms with Crippen molar-refractivity contribution in [3.63, 3.8) is 0 Å². The molecule has 20 heavy (non-hydrogen) atoms. The standard InChI is InChI=1S/C16H30N2OS/c1-4-9-16(10-5-2,14(17)20)15(19)18-13-8-6-7-12(3)11-13/h12-13H,4-11H2,1-3H3,(H2,17,20)(H,18,19). The van der Waals surface area contributed by atoms with Gasteiger partial charge in [0.05, 0.1) is 10.4 Å². The number of rotatable bonds is 7. The number of hydrogen-bond donors (Lipinski definition) is 2. The third-order valence-corrected chi connectivity index (χ3v) is 4.92. The van der Waals surface area contributed by atoms with Crippen LogP contribution in [0.1, 0.15) is 72.1 Å². The summed E-state index contributed by atoms with van der Waals surface area (Å²) in [5.41, 5.74) is 5.31. The Balaban J connectivity index is 2.78. The van der Waals surface area contributed by atoms with Gasteiger partial charge in [-0.15, -0.1) is 0 Å². The Morgan fingerprint density at radius 3 is 2.35 bits per heavy atom. The van der Waals surface area contributed by atoms with Crippen LogP contribution in [0.25, 0.3) is 0 Å². The molecule has 116 valence electrons. The fraction of sp³-hybridized carbons (Fsp3) is 0.875. The van der Waals surface area contributed by atoms with Crippen molar-refractivity contribution in [1.82, 2.24) is 5.32 Å². The average Bonchev–Trinajstić information content (AvgIpc) is 2.37. The van der Waals surface area contributed by atoms with Gasteiger partial charge in [0.2, 0.25) is 5.91 Å². The molecule has 2 unspecified atom stereocenters. The highest BCUT2D eigenvalue weighted by atomic mass is 32.1. The smallest absolute Gasteiger partial charge is 0.233 e. The molecule has 1 amide bonds.